The molecule has 158 valence electrons. The smallest absolute Gasteiger partial charge is 0.224 e. The SMILES string of the molecule is C=C/C=C(\C=C/C)n1ccc([C@@H]2CCCN2C(=O)C[C@H](N)Cc2ccccc2F)n1. The number of aromatic nitrogens is 2. The predicted molar refractivity (Wildman–Crippen MR) is 118 cm³/mol. The minimum Gasteiger partial charge on any atom is -0.334 e. The van der Waals surface area contributed by atoms with E-state index in [1.807, 2.05) is 42.3 Å². The molecule has 6 heteroatoms. The largest absolute Gasteiger partial charge is 0.334 e. The molecule has 0 radical (unpaired) electrons. The van der Waals surface area contributed by atoms with Gasteiger partial charge in [-0.2, -0.15) is 5.10 Å². The molecular weight excluding hydrogens is 379 g/mol. The quantitative estimate of drug-likeness (QED) is 0.664. The number of halogens is 1. The highest BCUT2D eigenvalue weighted by atomic mass is 19.1. The van der Waals surface area contributed by atoms with Crippen LogP contribution >= 0.6 is 0 Å². The van der Waals surface area contributed by atoms with E-state index in [-0.39, 0.29) is 24.2 Å². The van der Waals surface area contributed by atoms with E-state index in [0.29, 0.717) is 18.5 Å². The van der Waals surface area contributed by atoms with Crippen LogP contribution in [-0.4, -0.2) is 33.2 Å². The molecule has 2 aromatic rings. The molecule has 1 aromatic carbocycles. The molecule has 2 N–H and O–H groups in total. The predicted octanol–water partition coefficient (Wildman–Crippen LogP) is 4.25. The summed E-state index contributed by atoms with van der Waals surface area (Å²) < 4.78 is 15.7. The topological polar surface area (TPSA) is 64.2 Å². The normalized spacial score (nSPS) is 18.2. The van der Waals surface area contributed by atoms with Crippen molar-refractivity contribution in [3.05, 3.63) is 84.5 Å². The van der Waals surface area contributed by atoms with Gasteiger partial charge in [0.2, 0.25) is 5.91 Å². The summed E-state index contributed by atoms with van der Waals surface area (Å²) in [6, 6.07) is 8.03. The zero-order chi connectivity index (χ0) is 21.5. The second kappa shape index (κ2) is 10.2. The molecule has 2 heterocycles. The number of hydrogen-bond donors (Lipinski definition) is 1. The second-order valence-electron chi connectivity index (χ2n) is 7.52. The van der Waals surface area contributed by atoms with E-state index in [1.54, 1.807) is 29.0 Å². The molecule has 1 aromatic heterocycles. The standard InChI is InChI=1S/C24H29FN4O/c1-3-8-20(9-4-2)29-15-13-22(27-29)23-12-7-14-28(23)24(30)17-19(26)16-18-10-5-6-11-21(18)25/h3-6,8-11,13,15,19,23H,1,7,12,14,16-17,26H2,2H3/b9-4-,20-8+/t19-,23+/m1/s1. The van der Waals surface area contributed by atoms with Gasteiger partial charge >= 0.3 is 0 Å². The molecular formula is C24H29FN4O. The van der Waals surface area contributed by atoms with Crippen LogP contribution in [0.2, 0.25) is 0 Å². The third-order valence-corrected chi connectivity index (χ3v) is 5.29. The lowest BCUT2D eigenvalue weighted by Gasteiger charge is -2.25. The van der Waals surface area contributed by atoms with Crippen LogP contribution in [0.25, 0.3) is 5.70 Å². The van der Waals surface area contributed by atoms with Crippen LogP contribution in [0.5, 0.6) is 0 Å². The number of carbonyl (C=O) groups is 1. The minimum absolute atomic E-state index is 0.00815. The first-order valence-electron chi connectivity index (χ1n) is 10.3. The minimum atomic E-state index is -0.426. The fourth-order valence-electron chi connectivity index (χ4n) is 3.89. The van der Waals surface area contributed by atoms with E-state index in [1.165, 1.54) is 6.07 Å². The van der Waals surface area contributed by atoms with Gasteiger partial charge in [-0.1, -0.05) is 36.9 Å². The third-order valence-electron chi connectivity index (χ3n) is 5.29. The van der Waals surface area contributed by atoms with Crippen molar-refractivity contribution in [3.63, 3.8) is 0 Å². The maximum atomic E-state index is 13.9. The summed E-state index contributed by atoms with van der Waals surface area (Å²) in [6.45, 7) is 6.39. The lowest BCUT2D eigenvalue weighted by atomic mass is 10.0. The van der Waals surface area contributed by atoms with E-state index >= 15 is 0 Å². The lowest BCUT2D eigenvalue weighted by Crippen LogP contribution is -2.36. The van der Waals surface area contributed by atoms with E-state index < -0.39 is 6.04 Å². The Morgan fingerprint density at radius 1 is 1.40 bits per heavy atom. The Balaban J connectivity index is 1.68. The van der Waals surface area contributed by atoms with Crippen molar-refractivity contribution in [2.75, 3.05) is 6.54 Å². The molecule has 0 unspecified atom stereocenters. The number of likely N-dealkylation sites (tertiary alicyclic amines) is 1. The number of benzene rings is 1. The summed E-state index contributed by atoms with van der Waals surface area (Å²) in [4.78, 5) is 14.8. The van der Waals surface area contributed by atoms with Crippen molar-refractivity contribution >= 4 is 11.6 Å². The fraction of sp³-hybridized carbons (Fsp3) is 0.333. The van der Waals surface area contributed by atoms with Crippen LogP contribution in [-0.2, 0) is 11.2 Å². The zero-order valence-corrected chi connectivity index (χ0v) is 17.4. The monoisotopic (exact) mass is 408 g/mol. The molecule has 1 aliphatic rings. The highest BCUT2D eigenvalue weighted by molar-refractivity contribution is 5.77. The molecule has 0 bridgehead atoms. The summed E-state index contributed by atoms with van der Waals surface area (Å²) in [7, 11) is 0. The Hall–Kier alpha value is -2.99. The van der Waals surface area contributed by atoms with E-state index in [4.69, 9.17) is 10.8 Å². The molecule has 0 saturated carbocycles. The Bertz CT molecular complexity index is 946. The van der Waals surface area contributed by atoms with Gasteiger partial charge in [-0.15, -0.1) is 0 Å². The van der Waals surface area contributed by atoms with Gasteiger partial charge in [0.05, 0.1) is 17.4 Å². The number of nitrogens with two attached hydrogens (primary N) is 1. The van der Waals surface area contributed by atoms with Crippen molar-refractivity contribution < 1.29 is 9.18 Å². The van der Waals surface area contributed by atoms with E-state index in [0.717, 1.165) is 24.2 Å². The van der Waals surface area contributed by atoms with Gasteiger partial charge in [0.15, 0.2) is 0 Å². The van der Waals surface area contributed by atoms with Gasteiger partial charge in [-0.05, 0) is 56.0 Å². The van der Waals surface area contributed by atoms with Gasteiger partial charge in [-0.3, -0.25) is 4.79 Å². The van der Waals surface area contributed by atoms with Gasteiger partial charge in [0, 0.05) is 25.2 Å². The average molecular weight is 409 g/mol. The van der Waals surface area contributed by atoms with Crippen molar-refractivity contribution in [1.29, 1.82) is 0 Å². The maximum absolute atomic E-state index is 13.9. The number of hydrogen-bond acceptors (Lipinski definition) is 3. The van der Waals surface area contributed by atoms with Crippen molar-refractivity contribution in [1.82, 2.24) is 14.7 Å². The zero-order valence-electron chi connectivity index (χ0n) is 17.4. The van der Waals surface area contributed by atoms with Crippen LogP contribution in [0, 0.1) is 5.82 Å². The van der Waals surface area contributed by atoms with Crippen LogP contribution in [0.3, 0.4) is 0 Å². The van der Waals surface area contributed by atoms with Crippen molar-refractivity contribution in [2.45, 2.75) is 44.7 Å². The number of carbonyl (C=O) groups excluding carboxylic acids is 1. The summed E-state index contributed by atoms with van der Waals surface area (Å²) in [6.07, 6.45) is 11.7. The summed E-state index contributed by atoms with van der Waals surface area (Å²) >= 11 is 0. The van der Waals surface area contributed by atoms with Crippen molar-refractivity contribution in [2.24, 2.45) is 5.73 Å². The average Bonchev–Trinajstić information content (AvgIpc) is 3.39. The summed E-state index contributed by atoms with van der Waals surface area (Å²) in [5, 5.41) is 4.70. The molecule has 1 fully saturated rings. The highest BCUT2D eigenvalue weighted by Gasteiger charge is 2.32. The van der Waals surface area contributed by atoms with Crippen LogP contribution in [0.1, 0.15) is 43.5 Å². The molecule has 3 rings (SSSR count). The molecule has 0 aliphatic carbocycles. The first kappa shape index (κ1) is 21.7. The number of rotatable bonds is 8. The Morgan fingerprint density at radius 3 is 2.93 bits per heavy atom. The maximum Gasteiger partial charge on any atom is 0.224 e. The summed E-state index contributed by atoms with van der Waals surface area (Å²) in [5.74, 6) is -0.291. The Kier molecular flexibility index (Phi) is 7.36. The fourth-order valence-corrected chi connectivity index (χ4v) is 3.89. The molecule has 2 atom stereocenters. The third kappa shape index (κ3) is 5.13. The number of amides is 1. The van der Waals surface area contributed by atoms with Gasteiger partial charge in [-0.25, -0.2) is 9.07 Å². The molecule has 1 aliphatic heterocycles. The molecule has 5 nitrogen and oxygen atoms in total. The molecule has 1 saturated heterocycles. The summed E-state index contributed by atoms with van der Waals surface area (Å²) in [5.41, 5.74) is 8.49. The molecule has 1 amide bonds. The van der Waals surface area contributed by atoms with Gasteiger partial charge in [0.1, 0.15) is 5.82 Å². The Labute approximate surface area is 177 Å². The van der Waals surface area contributed by atoms with Gasteiger partial charge in [0.25, 0.3) is 0 Å². The number of allylic oxidation sites excluding steroid dienone is 5. The first-order chi connectivity index (χ1) is 14.5. The first-order valence-corrected chi connectivity index (χ1v) is 10.3. The second-order valence-corrected chi connectivity index (χ2v) is 7.52. The highest BCUT2D eigenvalue weighted by Crippen LogP contribution is 2.32. The van der Waals surface area contributed by atoms with E-state index in [9.17, 15) is 9.18 Å². The van der Waals surface area contributed by atoms with Crippen LogP contribution in [0.15, 0.2) is 67.4 Å². The Morgan fingerprint density at radius 2 is 2.20 bits per heavy atom. The molecule has 30 heavy (non-hydrogen) atoms. The lowest BCUT2D eigenvalue weighted by molar-refractivity contribution is -0.132. The molecule has 0 spiro atoms. The van der Waals surface area contributed by atoms with Gasteiger partial charge < -0.3 is 10.6 Å². The van der Waals surface area contributed by atoms with Crippen LogP contribution < -0.4 is 5.73 Å². The van der Waals surface area contributed by atoms with Crippen molar-refractivity contribution in [3.8, 4) is 0 Å². The van der Waals surface area contributed by atoms with E-state index in [2.05, 4.69) is 6.58 Å². The van der Waals surface area contributed by atoms with Crippen LogP contribution in [0.4, 0.5) is 4.39 Å². The number of nitrogens with zero attached hydrogens (tertiary/aromatic N) is 3.